The highest BCUT2D eigenvalue weighted by Gasteiger charge is 2.14. The Bertz CT molecular complexity index is 661. The Morgan fingerprint density at radius 2 is 1.72 bits per heavy atom. The van der Waals surface area contributed by atoms with Crippen LogP contribution in [0.2, 0.25) is 0 Å². The van der Waals surface area contributed by atoms with Gasteiger partial charge in [-0.2, -0.15) is 10.1 Å². The summed E-state index contributed by atoms with van der Waals surface area (Å²) in [6.07, 6.45) is 1.65. The lowest BCUT2D eigenvalue weighted by Crippen LogP contribution is -2.44. The molecule has 1 aliphatic rings. The van der Waals surface area contributed by atoms with Gasteiger partial charge in [-0.05, 0) is 45.2 Å². The molecule has 7 heteroatoms. The van der Waals surface area contributed by atoms with E-state index in [-0.39, 0.29) is 0 Å². The van der Waals surface area contributed by atoms with E-state index in [2.05, 4.69) is 80.4 Å². The average Bonchev–Trinajstić information content (AvgIpc) is 2.65. The van der Waals surface area contributed by atoms with Gasteiger partial charge in [-0.25, -0.2) is 0 Å². The number of hydrogen-bond donors (Lipinski definition) is 1. The zero-order valence-corrected chi connectivity index (χ0v) is 15.3. The minimum Gasteiger partial charge on any atom is -0.369 e. The van der Waals surface area contributed by atoms with E-state index in [9.17, 15) is 0 Å². The van der Waals surface area contributed by atoms with Crippen LogP contribution in [0, 0.1) is 0 Å². The van der Waals surface area contributed by atoms with Gasteiger partial charge in [-0.3, -0.25) is 0 Å². The van der Waals surface area contributed by atoms with Gasteiger partial charge < -0.3 is 20.0 Å². The molecular weight excluding hydrogens is 314 g/mol. The maximum absolute atomic E-state index is 4.56. The summed E-state index contributed by atoms with van der Waals surface area (Å²) in [5.74, 6) is 1.37. The predicted octanol–water partition coefficient (Wildman–Crippen LogP) is 2.21. The van der Waals surface area contributed by atoms with Crippen LogP contribution in [0.25, 0.3) is 0 Å². The van der Waals surface area contributed by atoms with Gasteiger partial charge in [0.1, 0.15) is 0 Å². The third-order valence-electron chi connectivity index (χ3n) is 4.60. The molecule has 1 saturated heterocycles. The molecule has 7 nitrogen and oxygen atoms in total. The van der Waals surface area contributed by atoms with Gasteiger partial charge in [0.25, 0.3) is 0 Å². The van der Waals surface area contributed by atoms with Crippen molar-refractivity contribution in [2.45, 2.75) is 13.8 Å². The molecular formula is C18H27N7. The van der Waals surface area contributed by atoms with Crippen molar-refractivity contribution in [3.05, 3.63) is 30.5 Å². The number of rotatable bonds is 6. The summed E-state index contributed by atoms with van der Waals surface area (Å²) in [6.45, 7) is 10.3. The highest BCUT2D eigenvalue weighted by molar-refractivity contribution is 5.61. The highest BCUT2D eigenvalue weighted by atomic mass is 15.3. The SMILES string of the molecule is CCN(CC)c1nncc(Nc2ccc(N3CCN(C)CC3)cc2)n1. The first-order valence-electron chi connectivity index (χ1n) is 8.95. The number of nitrogens with one attached hydrogen (secondary N) is 1. The van der Waals surface area contributed by atoms with E-state index in [1.807, 2.05) is 0 Å². The van der Waals surface area contributed by atoms with Gasteiger partial charge in [-0.1, -0.05) is 0 Å². The van der Waals surface area contributed by atoms with E-state index >= 15 is 0 Å². The number of aromatic nitrogens is 3. The van der Waals surface area contributed by atoms with E-state index in [1.54, 1.807) is 6.20 Å². The number of piperazine rings is 1. The van der Waals surface area contributed by atoms with Gasteiger partial charge in [0, 0.05) is 50.6 Å². The molecule has 0 saturated carbocycles. The lowest BCUT2D eigenvalue weighted by molar-refractivity contribution is 0.313. The Morgan fingerprint density at radius 1 is 1.04 bits per heavy atom. The van der Waals surface area contributed by atoms with Gasteiger partial charge in [0.05, 0.1) is 6.20 Å². The number of hydrogen-bond acceptors (Lipinski definition) is 7. The molecule has 0 unspecified atom stereocenters. The standard InChI is InChI=1S/C18H27N7/c1-4-24(5-2)18-21-17(14-19-22-18)20-15-6-8-16(9-7-15)25-12-10-23(3)11-13-25/h6-9,14H,4-5,10-13H2,1-3H3,(H,20,21,22). The maximum Gasteiger partial charge on any atom is 0.247 e. The summed E-state index contributed by atoms with van der Waals surface area (Å²) >= 11 is 0. The summed E-state index contributed by atoms with van der Waals surface area (Å²) < 4.78 is 0. The fourth-order valence-corrected chi connectivity index (χ4v) is 2.96. The molecule has 25 heavy (non-hydrogen) atoms. The van der Waals surface area contributed by atoms with Crippen molar-refractivity contribution in [1.82, 2.24) is 20.1 Å². The first-order chi connectivity index (χ1) is 12.2. The third-order valence-corrected chi connectivity index (χ3v) is 4.60. The molecule has 0 radical (unpaired) electrons. The molecule has 0 spiro atoms. The molecule has 0 aliphatic carbocycles. The van der Waals surface area contributed by atoms with Crippen LogP contribution in [0.3, 0.4) is 0 Å². The zero-order valence-electron chi connectivity index (χ0n) is 15.3. The van der Waals surface area contributed by atoms with Crippen LogP contribution in [0.5, 0.6) is 0 Å². The van der Waals surface area contributed by atoms with Crippen molar-refractivity contribution in [2.75, 3.05) is 61.4 Å². The lowest BCUT2D eigenvalue weighted by atomic mass is 10.2. The second-order valence-electron chi connectivity index (χ2n) is 6.28. The minimum atomic E-state index is 0.657. The summed E-state index contributed by atoms with van der Waals surface area (Å²) in [4.78, 5) is 11.4. The van der Waals surface area contributed by atoms with E-state index in [0.717, 1.165) is 45.0 Å². The van der Waals surface area contributed by atoms with Crippen LogP contribution in [0.1, 0.15) is 13.8 Å². The normalized spacial score (nSPS) is 15.2. The minimum absolute atomic E-state index is 0.657. The van der Waals surface area contributed by atoms with Gasteiger partial charge in [-0.15, -0.1) is 5.10 Å². The summed E-state index contributed by atoms with van der Waals surface area (Å²) in [7, 11) is 2.17. The van der Waals surface area contributed by atoms with Crippen LogP contribution >= 0.6 is 0 Å². The summed E-state index contributed by atoms with van der Waals surface area (Å²) in [5.41, 5.74) is 2.27. The van der Waals surface area contributed by atoms with E-state index in [1.165, 1.54) is 5.69 Å². The molecule has 1 fully saturated rings. The van der Waals surface area contributed by atoms with E-state index in [0.29, 0.717) is 11.8 Å². The van der Waals surface area contributed by atoms with Crippen LogP contribution in [0.15, 0.2) is 30.5 Å². The first-order valence-corrected chi connectivity index (χ1v) is 8.95. The van der Waals surface area contributed by atoms with Crippen LogP contribution in [-0.4, -0.2) is 66.4 Å². The Hall–Kier alpha value is -2.41. The Balaban J connectivity index is 1.66. The molecule has 0 bridgehead atoms. The molecule has 2 aromatic rings. The number of anilines is 4. The summed E-state index contributed by atoms with van der Waals surface area (Å²) in [6, 6.07) is 8.50. The second kappa shape index (κ2) is 8.11. The molecule has 0 atom stereocenters. The molecule has 0 amide bonds. The predicted molar refractivity (Wildman–Crippen MR) is 103 cm³/mol. The van der Waals surface area contributed by atoms with Crippen molar-refractivity contribution in [2.24, 2.45) is 0 Å². The van der Waals surface area contributed by atoms with Crippen molar-refractivity contribution < 1.29 is 0 Å². The Morgan fingerprint density at radius 3 is 2.36 bits per heavy atom. The first kappa shape index (κ1) is 17.4. The fourth-order valence-electron chi connectivity index (χ4n) is 2.96. The smallest absolute Gasteiger partial charge is 0.247 e. The topological polar surface area (TPSA) is 60.4 Å². The van der Waals surface area contributed by atoms with Crippen LogP contribution in [0.4, 0.5) is 23.1 Å². The second-order valence-corrected chi connectivity index (χ2v) is 6.28. The molecule has 1 aliphatic heterocycles. The molecule has 2 heterocycles. The van der Waals surface area contributed by atoms with Crippen molar-refractivity contribution in [1.29, 1.82) is 0 Å². The quantitative estimate of drug-likeness (QED) is 0.864. The van der Waals surface area contributed by atoms with E-state index < -0.39 is 0 Å². The molecule has 1 N–H and O–H groups in total. The fraction of sp³-hybridized carbons (Fsp3) is 0.500. The summed E-state index contributed by atoms with van der Waals surface area (Å²) in [5, 5.41) is 11.5. The third kappa shape index (κ3) is 4.36. The molecule has 134 valence electrons. The Kier molecular flexibility index (Phi) is 5.65. The molecule has 3 rings (SSSR count). The van der Waals surface area contributed by atoms with Crippen molar-refractivity contribution >= 4 is 23.1 Å². The Labute approximate surface area is 149 Å². The number of benzene rings is 1. The van der Waals surface area contributed by atoms with Crippen LogP contribution in [-0.2, 0) is 0 Å². The lowest BCUT2D eigenvalue weighted by Gasteiger charge is -2.34. The monoisotopic (exact) mass is 341 g/mol. The van der Waals surface area contributed by atoms with Crippen molar-refractivity contribution in [3.63, 3.8) is 0 Å². The molecule has 1 aromatic carbocycles. The van der Waals surface area contributed by atoms with Crippen molar-refractivity contribution in [3.8, 4) is 0 Å². The average molecular weight is 341 g/mol. The van der Waals surface area contributed by atoms with Gasteiger partial charge in [0.15, 0.2) is 5.82 Å². The number of likely N-dealkylation sites (N-methyl/N-ethyl adjacent to an activating group) is 1. The molecule has 1 aromatic heterocycles. The van der Waals surface area contributed by atoms with Gasteiger partial charge in [0.2, 0.25) is 5.95 Å². The van der Waals surface area contributed by atoms with Crippen LogP contribution < -0.4 is 15.1 Å². The van der Waals surface area contributed by atoms with Gasteiger partial charge >= 0.3 is 0 Å². The largest absolute Gasteiger partial charge is 0.369 e. The van der Waals surface area contributed by atoms with E-state index in [4.69, 9.17) is 0 Å². The zero-order chi connectivity index (χ0) is 17.6. The highest BCUT2D eigenvalue weighted by Crippen LogP contribution is 2.21. The maximum atomic E-state index is 4.56. The number of nitrogens with zero attached hydrogens (tertiary/aromatic N) is 6.